The Morgan fingerprint density at radius 1 is 1.25 bits per heavy atom. The number of allylic oxidation sites excluding steroid dienone is 1. The lowest BCUT2D eigenvalue weighted by molar-refractivity contribution is 0.241. The molecule has 0 aromatic heterocycles. The molecule has 5 heteroatoms. The first-order valence-electron chi connectivity index (χ1n) is 7.69. The van der Waals surface area contributed by atoms with Crippen molar-refractivity contribution >= 4 is 6.08 Å². The first kappa shape index (κ1) is 17.9. The van der Waals surface area contributed by atoms with Crippen LogP contribution in [-0.2, 0) is 9.47 Å². The predicted octanol–water partition coefficient (Wildman–Crippen LogP) is 3.60. The standard InChI is InChI=1S/C19H24O5/c1-13(2)14(3)22-8-6-7-15-9-17(20-4)19(18(10-15)21-5)24-12-16-11-23-16/h6-7,9-10,16H,1,3,8,11-12H2,2,4-5H3/b7-6+. The molecule has 0 N–H and O–H groups in total. The van der Waals surface area contributed by atoms with E-state index in [0.29, 0.717) is 36.2 Å². The molecule has 1 atom stereocenters. The van der Waals surface area contributed by atoms with Crippen LogP contribution in [0.3, 0.4) is 0 Å². The maximum atomic E-state index is 5.77. The Morgan fingerprint density at radius 3 is 2.38 bits per heavy atom. The zero-order chi connectivity index (χ0) is 17.5. The van der Waals surface area contributed by atoms with E-state index in [1.165, 1.54) is 0 Å². The molecule has 0 aliphatic carbocycles. The molecule has 1 unspecified atom stereocenters. The molecule has 0 bridgehead atoms. The largest absolute Gasteiger partial charge is 0.493 e. The molecule has 0 amide bonds. The monoisotopic (exact) mass is 332 g/mol. The Balaban J connectivity index is 2.06. The summed E-state index contributed by atoms with van der Waals surface area (Å²) in [5.74, 6) is 2.39. The van der Waals surface area contributed by atoms with Gasteiger partial charge < -0.3 is 23.7 Å². The SMILES string of the molecule is C=C(C)C(=C)OC/C=C/c1cc(OC)c(OCC2CO2)c(OC)c1. The van der Waals surface area contributed by atoms with Crippen LogP contribution in [0, 0.1) is 0 Å². The van der Waals surface area contributed by atoms with Crippen LogP contribution in [0.5, 0.6) is 17.2 Å². The third-order valence-corrected chi connectivity index (χ3v) is 3.44. The molecule has 1 fully saturated rings. The highest BCUT2D eigenvalue weighted by atomic mass is 16.6. The second-order valence-corrected chi connectivity index (χ2v) is 5.44. The molecule has 0 radical (unpaired) electrons. The van der Waals surface area contributed by atoms with E-state index in [9.17, 15) is 0 Å². The molecule has 1 aliphatic heterocycles. The van der Waals surface area contributed by atoms with Gasteiger partial charge in [-0.05, 0) is 36.3 Å². The molecule has 1 heterocycles. The maximum Gasteiger partial charge on any atom is 0.203 e. The van der Waals surface area contributed by atoms with Gasteiger partial charge in [-0.2, -0.15) is 0 Å². The quantitative estimate of drug-likeness (QED) is 0.372. The minimum absolute atomic E-state index is 0.164. The summed E-state index contributed by atoms with van der Waals surface area (Å²) < 4.78 is 27.2. The van der Waals surface area contributed by atoms with Crippen molar-refractivity contribution in [3.8, 4) is 17.2 Å². The molecular formula is C19H24O5. The van der Waals surface area contributed by atoms with Crippen molar-refractivity contribution in [3.05, 3.63) is 48.3 Å². The van der Waals surface area contributed by atoms with Gasteiger partial charge in [0.15, 0.2) is 11.5 Å². The van der Waals surface area contributed by atoms with Crippen LogP contribution in [0.25, 0.3) is 6.08 Å². The second kappa shape index (κ2) is 8.45. The number of ether oxygens (including phenoxy) is 5. The summed E-state index contributed by atoms with van der Waals surface area (Å²) in [5.41, 5.74) is 1.73. The lowest BCUT2D eigenvalue weighted by atomic mass is 10.1. The summed E-state index contributed by atoms with van der Waals surface area (Å²) in [6.07, 6.45) is 3.98. The average molecular weight is 332 g/mol. The molecule has 0 saturated carbocycles. The van der Waals surface area contributed by atoms with Gasteiger partial charge in [0.05, 0.1) is 20.8 Å². The molecule has 1 aliphatic rings. The summed E-state index contributed by atoms with van der Waals surface area (Å²) in [6.45, 7) is 11.0. The van der Waals surface area contributed by atoms with Gasteiger partial charge in [-0.3, -0.25) is 0 Å². The summed E-state index contributed by atoms with van der Waals surface area (Å²) in [4.78, 5) is 0. The van der Waals surface area contributed by atoms with Crippen molar-refractivity contribution in [2.24, 2.45) is 0 Å². The summed E-state index contributed by atoms with van der Waals surface area (Å²) in [7, 11) is 3.20. The first-order chi connectivity index (χ1) is 11.5. The van der Waals surface area contributed by atoms with Crippen molar-refractivity contribution < 1.29 is 23.7 Å². The molecule has 24 heavy (non-hydrogen) atoms. The Bertz CT molecular complexity index is 604. The van der Waals surface area contributed by atoms with Crippen molar-refractivity contribution in [2.75, 3.05) is 34.0 Å². The van der Waals surface area contributed by atoms with Crippen LogP contribution in [-0.4, -0.2) is 40.1 Å². The van der Waals surface area contributed by atoms with Gasteiger partial charge in [0.2, 0.25) is 5.75 Å². The predicted molar refractivity (Wildman–Crippen MR) is 93.7 cm³/mol. The third-order valence-electron chi connectivity index (χ3n) is 3.44. The van der Waals surface area contributed by atoms with Crippen molar-refractivity contribution in [2.45, 2.75) is 13.0 Å². The fourth-order valence-electron chi connectivity index (χ4n) is 1.94. The van der Waals surface area contributed by atoms with Crippen LogP contribution in [0.2, 0.25) is 0 Å². The normalized spacial score (nSPS) is 15.9. The van der Waals surface area contributed by atoms with Gasteiger partial charge in [0, 0.05) is 0 Å². The van der Waals surface area contributed by atoms with Gasteiger partial charge in [-0.1, -0.05) is 19.2 Å². The van der Waals surface area contributed by atoms with Gasteiger partial charge in [-0.25, -0.2) is 0 Å². The Hall–Kier alpha value is -2.40. The Morgan fingerprint density at radius 2 is 1.88 bits per heavy atom. The van der Waals surface area contributed by atoms with Gasteiger partial charge in [0.1, 0.15) is 25.1 Å². The van der Waals surface area contributed by atoms with Crippen molar-refractivity contribution in [3.63, 3.8) is 0 Å². The summed E-state index contributed by atoms with van der Waals surface area (Å²) in [5, 5.41) is 0. The number of epoxide rings is 1. The lowest BCUT2D eigenvalue weighted by Crippen LogP contribution is -2.06. The minimum atomic E-state index is 0.164. The van der Waals surface area contributed by atoms with Crippen LogP contribution in [0.1, 0.15) is 12.5 Å². The van der Waals surface area contributed by atoms with E-state index in [4.69, 9.17) is 23.7 Å². The fraction of sp³-hybridized carbons (Fsp3) is 0.368. The maximum absolute atomic E-state index is 5.77. The van der Waals surface area contributed by atoms with Gasteiger partial charge in [0.25, 0.3) is 0 Å². The molecule has 1 aromatic rings. The highest BCUT2D eigenvalue weighted by Crippen LogP contribution is 2.39. The topological polar surface area (TPSA) is 49.5 Å². The van der Waals surface area contributed by atoms with Crippen LogP contribution in [0.15, 0.2) is 42.7 Å². The highest BCUT2D eigenvalue weighted by Gasteiger charge is 2.25. The average Bonchev–Trinajstić information content (AvgIpc) is 3.40. The van der Waals surface area contributed by atoms with Crippen LogP contribution >= 0.6 is 0 Å². The molecule has 130 valence electrons. The molecule has 2 rings (SSSR count). The number of benzene rings is 1. The highest BCUT2D eigenvalue weighted by molar-refractivity contribution is 5.62. The van der Waals surface area contributed by atoms with E-state index in [0.717, 1.165) is 17.7 Å². The molecule has 1 saturated heterocycles. The first-order valence-corrected chi connectivity index (χ1v) is 7.69. The smallest absolute Gasteiger partial charge is 0.203 e. The summed E-state index contributed by atoms with van der Waals surface area (Å²) in [6, 6.07) is 3.77. The lowest BCUT2D eigenvalue weighted by Gasteiger charge is -2.14. The van der Waals surface area contributed by atoms with Gasteiger partial charge >= 0.3 is 0 Å². The van der Waals surface area contributed by atoms with E-state index >= 15 is 0 Å². The van der Waals surface area contributed by atoms with Gasteiger partial charge in [-0.15, -0.1) is 0 Å². The number of rotatable bonds is 10. The zero-order valence-corrected chi connectivity index (χ0v) is 14.5. The Kier molecular flexibility index (Phi) is 6.32. The molecule has 0 spiro atoms. The third kappa shape index (κ3) is 5.06. The number of hydrogen-bond acceptors (Lipinski definition) is 5. The number of methoxy groups -OCH3 is 2. The van der Waals surface area contributed by atoms with Crippen molar-refractivity contribution in [1.82, 2.24) is 0 Å². The van der Waals surface area contributed by atoms with E-state index in [1.54, 1.807) is 14.2 Å². The van der Waals surface area contributed by atoms with Crippen molar-refractivity contribution in [1.29, 1.82) is 0 Å². The van der Waals surface area contributed by atoms with E-state index < -0.39 is 0 Å². The van der Waals surface area contributed by atoms with E-state index in [2.05, 4.69) is 13.2 Å². The van der Waals surface area contributed by atoms with E-state index in [-0.39, 0.29) is 6.10 Å². The fourth-order valence-corrected chi connectivity index (χ4v) is 1.94. The molecule has 5 nitrogen and oxygen atoms in total. The molecular weight excluding hydrogens is 308 g/mol. The number of hydrogen-bond donors (Lipinski definition) is 0. The minimum Gasteiger partial charge on any atom is -0.493 e. The van der Waals surface area contributed by atoms with Crippen LogP contribution in [0.4, 0.5) is 0 Å². The summed E-state index contributed by atoms with van der Waals surface area (Å²) >= 11 is 0. The van der Waals surface area contributed by atoms with E-state index in [1.807, 2.05) is 31.2 Å². The second-order valence-electron chi connectivity index (χ2n) is 5.44. The van der Waals surface area contributed by atoms with Crippen LogP contribution < -0.4 is 14.2 Å². The molecule has 1 aromatic carbocycles. The zero-order valence-electron chi connectivity index (χ0n) is 14.5. The Labute approximate surface area is 143 Å².